The number of aromatic nitrogens is 3. The molecule has 0 atom stereocenters. The summed E-state index contributed by atoms with van der Waals surface area (Å²) in [6.45, 7) is 0. The van der Waals surface area contributed by atoms with E-state index in [4.69, 9.17) is 4.74 Å². The van der Waals surface area contributed by atoms with Crippen LogP contribution >= 0.6 is 0 Å². The van der Waals surface area contributed by atoms with Gasteiger partial charge in [-0.1, -0.05) is 127 Å². The highest BCUT2D eigenvalue weighted by Gasteiger charge is 2.25. The average Bonchev–Trinajstić information content (AvgIpc) is 3.93. The lowest BCUT2D eigenvalue weighted by Crippen LogP contribution is -2.04. The number of hydrogen-bond donors (Lipinski definition) is 0. The highest BCUT2D eigenvalue weighted by Crippen LogP contribution is 2.47. The predicted octanol–water partition coefficient (Wildman–Crippen LogP) is 14.4. The van der Waals surface area contributed by atoms with E-state index in [1.165, 1.54) is 82.2 Å². The van der Waals surface area contributed by atoms with Gasteiger partial charge in [0.2, 0.25) is 0 Å². The maximum Gasteiger partial charge on any atom is 0.152 e. The minimum Gasteiger partial charge on any atom is -0.453 e. The topological polar surface area (TPSA) is 24.0 Å². The third-order valence-electron chi connectivity index (χ3n) is 12.2. The highest BCUT2D eigenvalue weighted by molar-refractivity contribution is 6.16. The molecule has 0 radical (unpaired) electrons. The number of rotatable bonds is 4. The van der Waals surface area contributed by atoms with Crippen LogP contribution in [0.15, 0.2) is 200 Å². The lowest BCUT2D eigenvalue weighted by atomic mass is 9.97. The maximum atomic E-state index is 6.43. The fourth-order valence-electron chi connectivity index (χ4n) is 9.76. The molecule has 0 unspecified atom stereocenters. The van der Waals surface area contributed by atoms with Crippen LogP contribution in [0.3, 0.4) is 0 Å². The van der Waals surface area contributed by atoms with E-state index < -0.39 is 0 Å². The van der Waals surface area contributed by atoms with Gasteiger partial charge in [0, 0.05) is 49.3 Å². The van der Waals surface area contributed by atoms with Crippen LogP contribution in [-0.4, -0.2) is 13.7 Å². The van der Waals surface area contributed by atoms with E-state index in [-0.39, 0.29) is 0 Å². The van der Waals surface area contributed by atoms with Crippen LogP contribution in [0.2, 0.25) is 0 Å². The van der Waals surface area contributed by atoms with Gasteiger partial charge in [-0.25, -0.2) is 0 Å². The van der Waals surface area contributed by atoms with Crippen molar-refractivity contribution in [1.29, 1.82) is 0 Å². The summed E-state index contributed by atoms with van der Waals surface area (Å²) in [5.41, 5.74) is 15.2. The Bertz CT molecular complexity index is 3620. The first-order valence-electron chi connectivity index (χ1n) is 19.8. The second kappa shape index (κ2) is 11.8. The van der Waals surface area contributed by atoms with Crippen molar-refractivity contribution in [3.8, 4) is 50.8 Å². The van der Waals surface area contributed by atoms with E-state index in [1.807, 2.05) is 6.07 Å². The van der Waals surface area contributed by atoms with Crippen molar-refractivity contribution in [1.82, 2.24) is 13.7 Å². The van der Waals surface area contributed by atoms with Gasteiger partial charge in [-0.15, -0.1) is 0 Å². The van der Waals surface area contributed by atoms with Gasteiger partial charge in [-0.2, -0.15) is 0 Å². The molecule has 12 aromatic rings. The third kappa shape index (κ3) is 4.34. The van der Waals surface area contributed by atoms with E-state index >= 15 is 0 Å². The van der Waals surface area contributed by atoms with Crippen molar-refractivity contribution < 1.29 is 4.74 Å². The molecule has 270 valence electrons. The van der Waals surface area contributed by atoms with Crippen LogP contribution in [0.1, 0.15) is 0 Å². The van der Waals surface area contributed by atoms with Crippen molar-refractivity contribution in [2.24, 2.45) is 0 Å². The Morgan fingerprint density at radius 1 is 0.293 bits per heavy atom. The quantitative estimate of drug-likeness (QED) is 0.176. The summed E-state index contributed by atoms with van der Waals surface area (Å²) < 4.78 is 13.6. The number of ether oxygens (including phenoxy) is 1. The summed E-state index contributed by atoms with van der Waals surface area (Å²) in [4.78, 5) is 0. The van der Waals surface area contributed by atoms with E-state index in [9.17, 15) is 0 Å². The van der Waals surface area contributed by atoms with Gasteiger partial charge >= 0.3 is 0 Å². The standard InChI is InChI=1S/C54H33N3O/c1-4-23-46-40(17-1)41-18-2-5-24-47(41)56(46)38-29-30-49-45(33-38)42-19-3-6-25-48(42)55(49)37-16-10-14-35(32-37)34-13-9-15-36(31-34)39-20-11-21-43-44-22-12-28-52-54(44)57(53(39)43)50-26-7-8-27-51(50)58-52/h1-33H. The minimum atomic E-state index is 0.869. The zero-order chi connectivity index (χ0) is 37.9. The first-order valence-corrected chi connectivity index (χ1v) is 19.8. The molecule has 4 heterocycles. The molecule has 1 aliphatic heterocycles. The van der Waals surface area contributed by atoms with Gasteiger partial charge in [0.05, 0.1) is 38.8 Å². The predicted molar refractivity (Wildman–Crippen MR) is 240 cm³/mol. The van der Waals surface area contributed by atoms with Gasteiger partial charge in [-0.3, -0.25) is 0 Å². The molecule has 0 saturated carbocycles. The molecular formula is C54H33N3O. The Kier molecular flexibility index (Phi) is 6.41. The molecule has 1 aliphatic rings. The number of fused-ring (bicyclic) bond motifs is 11. The first kappa shape index (κ1) is 31.4. The second-order valence-electron chi connectivity index (χ2n) is 15.3. The Balaban J connectivity index is 0.964. The van der Waals surface area contributed by atoms with Crippen LogP contribution in [0, 0.1) is 0 Å². The molecule has 13 rings (SSSR count). The van der Waals surface area contributed by atoms with Gasteiger partial charge in [0.1, 0.15) is 0 Å². The molecule has 0 spiro atoms. The normalized spacial score (nSPS) is 12.3. The van der Waals surface area contributed by atoms with E-state index in [2.05, 4.69) is 208 Å². The summed E-state index contributed by atoms with van der Waals surface area (Å²) >= 11 is 0. The van der Waals surface area contributed by atoms with Gasteiger partial charge in [-0.05, 0) is 89.5 Å². The van der Waals surface area contributed by atoms with Crippen LogP contribution in [0.25, 0.3) is 105 Å². The molecule has 0 N–H and O–H groups in total. The molecule has 0 amide bonds. The molecule has 0 fully saturated rings. The molecule has 4 heteroatoms. The van der Waals surface area contributed by atoms with Crippen molar-refractivity contribution in [3.05, 3.63) is 200 Å². The molecular weight excluding hydrogens is 707 g/mol. The zero-order valence-corrected chi connectivity index (χ0v) is 31.3. The van der Waals surface area contributed by atoms with Gasteiger partial charge in [0.15, 0.2) is 11.5 Å². The van der Waals surface area contributed by atoms with E-state index in [1.54, 1.807) is 0 Å². The molecule has 9 aromatic carbocycles. The van der Waals surface area contributed by atoms with E-state index in [0.29, 0.717) is 0 Å². The smallest absolute Gasteiger partial charge is 0.152 e. The summed E-state index contributed by atoms with van der Waals surface area (Å²) in [6.07, 6.45) is 0. The summed E-state index contributed by atoms with van der Waals surface area (Å²) in [5, 5.41) is 7.41. The molecule has 0 aliphatic carbocycles. The summed E-state index contributed by atoms with van der Waals surface area (Å²) in [6, 6.07) is 72.5. The van der Waals surface area contributed by atoms with Crippen LogP contribution in [-0.2, 0) is 0 Å². The second-order valence-corrected chi connectivity index (χ2v) is 15.3. The lowest BCUT2D eigenvalue weighted by Gasteiger charge is -2.21. The van der Waals surface area contributed by atoms with Crippen LogP contribution in [0.5, 0.6) is 11.5 Å². The summed E-state index contributed by atoms with van der Waals surface area (Å²) in [5.74, 6) is 1.75. The average molecular weight is 740 g/mol. The minimum absolute atomic E-state index is 0.869. The van der Waals surface area contributed by atoms with Crippen LogP contribution < -0.4 is 4.74 Å². The number of hydrogen-bond acceptors (Lipinski definition) is 1. The number of benzene rings is 9. The Hall–Kier alpha value is -7.82. The lowest BCUT2D eigenvalue weighted by molar-refractivity contribution is 0.476. The Morgan fingerprint density at radius 2 is 0.810 bits per heavy atom. The molecule has 0 saturated heterocycles. The molecule has 0 bridgehead atoms. The van der Waals surface area contributed by atoms with Gasteiger partial charge < -0.3 is 18.4 Å². The first-order chi connectivity index (χ1) is 28.8. The molecule has 58 heavy (non-hydrogen) atoms. The van der Waals surface area contributed by atoms with E-state index in [0.717, 1.165) is 34.1 Å². The highest BCUT2D eigenvalue weighted by atomic mass is 16.5. The van der Waals surface area contributed by atoms with Crippen molar-refractivity contribution in [2.45, 2.75) is 0 Å². The maximum absolute atomic E-state index is 6.43. The van der Waals surface area contributed by atoms with Crippen molar-refractivity contribution in [3.63, 3.8) is 0 Å². The largest absolute Gasteiger partial charge is 0.453 e. The van der Waals surface area contributed by atoms with Gasteiger partial charge in [0.25, 0.3) is 0 Å². The fraction of sp³-hybridized carbons (Fsp3) is 0. The zero-order valence-electron chi connectivity index (χ0n) is 31.3. The number of nitrogens with zero attached hydrogens (tertiary/aromatic N) is 3. The summed E-state index contributed by atoms with van der Waals surface area (Å²) in [7, 11) is 0. The molecule has 4 nitrogen and oxygen atoms in total. The number of para-hydroxylation sites is 7. The Morgan fingerprint density at radius 3 is 1.57 bits per heavy atom. The Labute approximate surface area is 333 Å². The molecule has 3 aromatic heterocycles. The van der Waals surface area contributed by atoms with Crippen molar-refractivity contribution >= 4 is 65.4 Å². The monoisotopic (exact) mass is 739 g/mol. The fourth-order valence-corrected chi connectivity index (χ4v) is 9.76. The van der Waals surface area contributed by atoms with Crippen LogP contribution in [0.4, 0.5) is 0 Å². The third-order valence-corrected chi connectivity index (χ3v) is 12.2. The van der Waals surface area contributed by atoms with Crippen molar-refractivity contribution in [2.75, 3.05) is 0 Å². The SMILES string of the molecule is c1cc(-c2cccc(-n3c4ccccc4c4cc(-n5c6ccccc6c6ccccc65)ccc43)c2)cc(-c2cccc3c4cccc5c4n(c23)-c2ccccc2O5)c1.